The molecule has 728 valence electrons. The van der Waals surface area contributed by atoms with Crippen molar-refractivity contribution in [3.63, 3.8) is 0 Å². The molecule has 0 unspecified atom stereocenters. The van der Waals surface area contributed by atoms with Crippen LogP contribution in [0.5, 0.6) is 0 Å². The lowest BCUT2D eigenvalue weighted by molar-refractivity contribution is 0.355. The van der Waals surface area contributed by atoms with E-state index < -0.39 is 0 Å². The Bertz CT molecular complexity index is 2600. The van der Waals surface area contributed by atoms with Crippen molar-refractivity contribution in [1.82, 2.24) is 0 Å². The molecule has 0 radical (unpaired) electrons. The van der Waals surface area contributed by atoms with Crippen molar-refractivity contribution in [3.05, 3.63) is 170 Å². The SMILES string of the molecule is CC/C=C/C1CCC(/C=C/CCC)CC1.CCC/C=C/C1CCC(/C=C/CCC)CC1.CCC/C=C/C1CCC(/C=C/CCCC)CC1.CCC/C=C/C1CCC(/C=C/CCCCC)CC1.CCC/C=C/C1CCC(/C=C/CCCCCC)CC1.CCC/C=C/C1CCC(/C=C/CCCCCCC)CC1.CCC/C=C/C1CCC(/C=C/CCCCCCCC)CC1. The second-order valence-electron chi connectivity index (χ2n) is 40.7. The van der Waals surface area contributed by atoms with Crippen LogP contribution in [0.25, 0.3) is 0 Å². The van der Waals surface area contributed by atoms with Crippen LogP contribution in [0.3, 0.4) is 0 Å². The summed E-state index contributed by atoms with van der Waals surface area (Å²) in [6.45, 7) is 31.6. The first-order chi connectivity index (χ1) is 62.0. The van der Waals surface area contributed by atoms with E-state index in [4.69, 9.17) is 0 Å². The van der Waals surface area contributed by atoms with E-state index in [1.54, 1.807) is 0 Å². The Morgan fingerprint density at radius 1 is 0.111 bits per heavy atom. The van der Waals surface area contributed by atoms with Crippen LogP contribution in [-0.2, 0) is 0 Å². The first-order valence-corrected chi connectivity index (χ1v) is 57.4. The van der Waals surface area contributed by atoms with Crippen LogP contribution < -0.4 is 0 Å². The highest BCUT2D eigenvalue weighted by molar-refractivity contribution is 5.03. The third-order valence-electron chi connectivity index (χ3n) is 28.4. The van der Waals surface area contributed by atoms with Gasteiger partial charge in [-0.3, -0.25) is 0 Å². The predicted molar refractivity (Wildman–Crippen MR) is 579 cm³/mol. The fraction of sp³-hybridized carbons (Fsp3) is 0.778. The van der Waals surface area contributed by atoms with E-state index >= 15 is 0 Å². The molecule has 0 amide bonds. The second kappa shape index (κ2) is 94.6. The molecular formula is C126H224. The van der Waals surface area contributed by atoms with Gasteiger partial charge in [-0.2, -0.15) is 0 Å². The molecule has 7 rings (SSSR count). The number of rotatable bonds is 56. The fourth-order valence-corrected chi connectivity index (χ4v) is 19.6. The van der Waals surface area contributed by atoms with Gasteiger partial charge < -0.3 is 0 Å². The largest absolute Gasteiger partial charge is 0.0885 e. The highest BCUT2D eigenvalue weighted by Gasteiger charge is 2.23. The molecule has 0 aromatic carbocycles. The molecule has 0 aliphatic heterocycles. The van der Waals surface area contributed by atoms with Gasteiger partial charge in [-0.15, -0.1) is 0 Å². The minimum atomic E-state index is 0.875. The first kappa shape index (κ1) is 120. The van der Waals surface area contributed by atoms with Gasteiger partial charge in [-0.05, 0) is 378 Å². The lowest BCUT2D eigenvalue weighted by atomic mass is 9.81. The average Bonchev–Trinajstić information content (AvgIpc) is 0.958. The topological polar surface area (TPSA) is 0 Å². The molecule has 7 aliphatic carbocycles. The summed E-state index contributed by atoms with van der Waals surface area (Å²) in [5, 5.41) is 0. The highest BCUT2D eigenvalue weighted by Crippen LogP contribution is 2.37. The van der Waals surface area contributed by atoms with Crippen LogP contribution in [0.2, 0.25) is 0 Å². The molecule has 0 bridgehead atoms. The van der Waals surface area contributed by atoms with Crippen LogP contribution in [0.4, 0.5) is 0 Å². The maximum atomic E-state index is 2.53. The van der Waals surface area contributed by atoms with Crippen molar-refractivity contribution >= 4 is 0 Å². The van der Waals surface area contributed by atoms with Crippen molar-refractivity contribution in [1.29, 1.82) is 0 Å². The molecule has 0 saturated heterocycles. The zero-order valence-corrected chi connectivity index (χ0v) is 87.7. The third kappa shape index (κ3) is 75.8. The summed E-state index contributed by atoms with van der Waals surface area (Å²) < 4.78 is 0. The van der Waals surface area contributed by atoms with Crippen LogP contribution in [0.1, 0.15) is 546 Å². The van der Waals surface area contributed by atoms with Gasteiger partial charge in [0.05, 0.1) is 0 Å². The quantitative estimate of drug-likeness (QED) is 0.0421. The van der Waals surface area contributed by atoms with Gasteiger partial charge in [0.2, 0.25) is 0 Å². The van der Waals surface area contributed by atoms with Crippen LogP contribution in [0, 0.1) is 82.9 Å². The summed E-state index contributed by atoms with van der Waals surface area (Å²) in [5.74, 6) is 12.3. The van der Waals surface area contributed by atoms with Crippen molar-refractivity contribution in [3.8, 4) is 0 Å². The van der Waals surface area contributed by atoms with Gasteiger partial charge in [-0.1, -0.05) is 421 Å². The zero-order chi connectivity index (χ0) is 91.4. The summed E-state index contributed by atoms with van der Waals surface area (Å²) >= 11 is 0. The molecule has 0 nitrogen and oxygen atoms in total. The number of hydrogen-bond acceptors (Lipinski definition) is 0. The van der Waals surface area contributed by atoms with Crippen molar-refractivity contribution in [2.45, 2.75) is 546 Å². The number of hydrogen-bond donors (Lipinski definition) is 0. The Labute approximate surface area is 794 Å². The van der Waals surface area contributed by atoms with E-state index in [1.165, 1.54) is 449 Å². The molecular weight excluding hydrogens is 1510 g/mol. The Balaban J connectivity index is 0.000000737. The van der Waals surface area contributed by atoms with E-state index in [0.717, 1.165) is 82.9 Å². The predicted octanol–water partition coefficient (Wildman–Crippen LogP) is 44.0. The van der Waals surface area contributed by atoms with E-state index in [0.29, 0.717) is 0 Å². The summed E-state index contributed by atoms with van der Waals surface area (Å²) in [6, 6.07) is 0. The van der Waals surface area contributed by atoms with Crippen LogP contribution in [0.15, 0.2) is 170 Å². The number of allylic oxidation sites excluding steroid dienone is 28. The van der Waals surface area contributed by atoms with Crippen molar-refractivity contribution < 1.29 is 0 Å². The summed E-state index contributed by atoms with van der Waals surface area (Å²) in [5.41, 5.74) is 0. The van der Waals surface area contributed by atoms with Crippen molar-refractivity contribution in [2.24, 2.45) is 82.9 Å². The van der Waals surface area contributed by atoms with Gasteiger partial charge in [0.1, 0.15) is 0 Å². The maximum Gasteiger partial charge on any atom is -0.0233 e. The van der Waals surface area contributed by atoms with E-state index in [9.17, 15) is 0 Å². The van der Waals surface area contributed by atoms with Gasteiger partial charge in [0.15, 0.2) is 0 Å². The molecule has 7 fully saturated rings. The summed E-state index contributed by atoms with van der Waals surface area (Å²) in [6.07, 6.45) is 164. The van der Waals surface area contributed by atoms with Crippen LogP contribution in [-0.4, -0.2) is 0 Å². The second-order valence-corrected chi connectivity index (χ2v) is 40.7. The third-order valence-corrected chi connectivity index (χ3v) is 28.4. The highest BCUT2D eigenvalue weighted by atomic mass is 14.3. The minimum Gasteiger partial charge on any atom is -0.0885 e. The molecule has 0 N–H and O–H groups in total. The van der Waals surface area contributed by atoms with Gasteiger partial charge in [0.25, 0.3) is 0 Å². The van der Waals surface area contributed by atoms with Crippen molar-refractivity contribution in [2.75, 3.05) is 0 Å². The van der Waals surface area contributed by atoms with Gasteiger partial charge in [0, 0.05) is 0 Å². The maximum absolute atomic E-state index is 2.53. The number of unbranched alkanes of at least 4 members (excludes halogenated alkanes) is 28. The minimum absolute atomic E-state index is 0.875. The monoisotopic (exact) mass is 1740 g/mol. The summed E-state index contributed by atoms with van der Waals surface area (Å²) in [7, 11) is 0. The Hall–Kier alpha value is -3.64. The smallest absolute Gasteiger partial charge is 0.0233 e. The average molecular weight is 1740 g/mol. The van der Waals surface area contributed by atoms with E-state index in [2.05, 4.69) is 267 Å². The molecule has 7 aliphatic rings. The van der Waals surface area contributed by atoms with E-state index in [-0.39, 0.29) is 0 Å². The van der Waals surface area contributed by atoms with E-state index in [1.807, 2.05) is 0 Å². The molecule has 126 heavy (non-hydrogen) atoms. The molecule has 0 heterocycles. The standard InChI is InChI=1S/C21H38.C20H36.C19H34.C18H32.C17H30.C16H28.C15H26/c1-3-5-7-8-9-10-11-13-15-21-18-16-20(17-19-21)14-12-6-4-2;1-3-5-7-8-9-10-12-14-20-17-15-19(16-18-20)13-11-6-4-2;1-3-5-7-8-9-11-13-19-16-14-18(15-17-19)12-10-6-4-2;1-3-5-7-8-10-12-18-15-13-17(14-16-18)11-9-6-4-2;1-3-5-7-9-11-17-14-12-16(13-15-17)10-8-6-4-2;1-3-5-7-9-15-11-13-16(14-12-15)10-8-6-4-2;1-3-5-7-9-15-12-10-14(11-13-15)8-6-4-2/h12-15,20-21H,3-11,16-19H2,1-2H3;11-14,19-20H,3-10,15-18H2,1-2H3;10-13,18-19H,3-9,14-17H2,1-2H3;9-12,17-18H,3-8,13-16H2,1-2H3;8-11,16-17H,3-7,12-15H2,1-2H3;7-10,15-16H,3-6,11-14H2,1-2H3;6-9,14-15H,3-5,10-13H2,1-2H3/b14-12+,15-13+;13-11+,14-12+;12-10+,13-11+;11-9+,12-10+;10-8+,11-9+;9-7+,10-8+;8-6+,9-7+. The molecule has 7 saturated carbocycles. The molecule has 0 heteroatoms. The molecule has 0 atom stereocenters. The molecule has 0 aromatic heterocycles. The Morgan fingerprint density at radius 3 is 0.373 bits per heavy atom. The normalized spacial score (nSPS) is 25.2. The van der Waals surface area contributed by atoms with Gasteiger partial charge in [-0.25, -0.2) is 0 Å². The Morgan fingerprint density at radius 2 is 0.222 bits per heavy atom. The molecule has 0 spiro atoms. The van der Waals surface area contributed by atoms with Crippen LogP contribution >= 0.6 is 0 Å². The summed E-state index contributed by atoms with van der Waals surface area (Å²) in [4.78, 5) is 0. The lowest BCUT2D eigenvalue weighted by Gasteiger charge is -2.24. The molecule has 0 aromatic rings. The first-order valence-electron chi connectivity index (χ1n) is 57.4. The zero-order valence-electron chi connectivity index (χ0n) is 87.7. The fourth-order valence-electron chi connectivity index (χ4n) is 19.6. The lowest BCUT2D eigenvalue weighted by Crippen LogP contribution is -2.11. The Kier molecular flexibility index (Phi) is 90.3. The van der Waals surface area contributed by atoms with Gasteiger partial charge >= 0.3 is 0 Å².